The van der Waals surface area contributed by atoms with E-state index < -0.39 is 0 Å². The fraction of sp³-hybridized carbons (Fsp3) is 0.133. The number of halogens is 2. The van der Waals surface area contributed by atoms with Crippen LogP contribution in [0.15, 0.2) is 36.5 Å². The highest BCUT2D eigenvalue weighted by Crippen LogP contribution is 2.23. The lowest BCUT2D eigenvalue weighted by Gasteiger charge is -2.08. The van der Waals surface area contributed by atoms with Crippen LogP contribution in [0.25, 0.3) is 5.69 Å². The van der Waals surface area contributed by atoms with Gasteiger partial charge in [-0.2, -0.15) is 5.10 Å². The Bertz CT molecular complexity index is 810. The van der Waals surface area contributed by atoms with E-state index in [4.69, 9.17) is 11.6 Å². The molecule has 2 aromatic heterocycles. The zero-order valence-corrected chi connectivity index (χ0v) is 12.8. The largest absolute Gasteiger partial charge is 0.337 e. The molecule has 7 heteroatoms. The van der Waals surface area contributed by atoms with E-state index in [1.807, 2.05) is 6.92 Å². The molecule has 1 N–H and O–H groups in total. The van der Waals surface area contributed by atoms with Crippen molar-refractivity contribution in [1.82, 2.24) is 19.7 Å². The zero-order chi connectivity index (χ0) is 15.7. The minimum atomic E-state index is -0.332. The number of rotatable bonds is 3. The Kier molecular flexibility index (Phi) is 3.77. The van der Waals surface area contributed by atoms with Crippen LogP contribution in [0, 0.1) is 19.7 Å². The summed E-state index contributed by atoms with van der Waals surface area (Å²) in [5.41, 5.74) is 1.87. The molecule has 0 aliphatic rings. The second-order valence-electron chi connectivity index (χ2n) is 4.75. The van der Waals surface area contributed by atoms with Crippen molar-refractivity contribution in [3.8, 4) is 5.69 Å². The monoisotopic (exact) mass is 317 g/mol. The molecule has 5 nitrogen and oxygen atoms in total. The van der Waals surface area contributed by atoms with Crippen molar-refractivity contribution in [3.63, 3.8) is 0 Å². The molecule has 0 amide bonds. The quantitative estimate of drug-likeness (QED) is 0.746. The molecule has 0 aliphatic heterocycles. The smallest absolute Gasteiger partial charge is 0.148 e. The van der Waals surface area contributed by atoms with Gasteiger partial charge in [0, 0.05) is 6.07 Å². The first-order chi connectivity index (χ1) is 10.5. The third-order valence-corrected chi connectivity index (χ3v) is 3.35. The van der Waals surface area contributed by atoms with E-state index >= 15 is 0 Å². The topological polar surface area (TPSA) is 55.6 Å². The van der Waals surface area contributed by atoms with Crippen molar-refractivity contribution in [2.75, 3.05) is 5.32 Å². The first kappa shape index (κ1) is 14.5. The van der Waals surface area contributed by atoms with Gasteiger partial charge in [0.2, 0.25) is 0 Å². The summed E-state index contributed by atoms with van der Waals surface area (Å²) in [6, 6.07) is 8.10. The Hall–Kier alpha value is -2.47. The van der Waals surface area contributed by atoms with Crippen LogP contribution in [0.4, 0.5) is 15.9 Å². The van der Waals surface area contributed by atoms with Gasteiger partial charge in [-0.05, 0) is 26.0 Å². The van der Waals surface area contributed by atoms with Crippen LogP contribution in [0.5, 0.6) is 0 Å². The molecule has 0 saturated carbocycles. The van der Waals surface area contributed by atoms with Crippen molar-refractivity contribution in [2.24, 2.45) is 0 Å². The molecule has 0 aliphatic carbocycles. The molecule has 3 rings (SSSR count). The van der Waals surface area contributed by atoms with Crippen LogP contribution in [0.2, 0.25) is 5.15 Å². The predicted molar refractivity (Wildman–Crippen MR) is 83.3 cm³/mol. The molecule has 0 saturated heterocycles. The van der Waals surface area contributed by atoms with E-state index in [1.165, 1.54) is 10.7 Å². The summed E-state index contributed by atoms with van der Waals surface area (Å²) >= 11 is 5.92. The minimum absolute atomic E-state index is 0.332. The number of anilines is 2. The lowest BCUT2D eigenvalue weighted by molar-refractivity contribution is 0.608. The summed E-state index contributed by atoms with van der Waals surface area (Å²) < 4.78 is 15.4. The number of nitrogens with zero attached hydrogens (tertiary/aromatic N) is 4. The first-order valence-electron chi connectivity index (χ1n) is 6.62. The molecule has 0 spiro atoms. The molecule has 2 heterocycles. The van der Waals surface area contributed by atoms with Crippen LogP contribution in [-0.4, -0.2) is 19.7 Å². The van der Waals surface area contributed by atoms with Crippen molar-refractivity contribution in [1.29, 1.82) is 0 Å². The van der Waals surface area contributed by atoms with E-state index in [2.05, 4.69) is 20.4 Å². The Morgan fingerprint density at radius 2 is 1.95 bits per heavy atom. The highest BCUT2D eigenvalue weighted by Gasteiger charge is 2.12. The molecule has 3 aromatic rings. The first-order valence-corrected chi connectivity index (χ1v) is 7.00. The molecule has 0 unspecified atom stereocenters. The molecule has 1 aromatic carbocycles. The number of aromatic nitrogens is 4. The number of para-hydroxylation sites is 1. The van der Waals surface area contributed by atoms with Gasteiger partial charge in [-0.3, -0.25) is 0 Å². The Morgan fingerprint density at radius 3 is 2.68 bits per heavy atom. The van der Waals surface area contributed by atoms with Gasteiger partial charge in [-0.25, -0.2) is 19.0 Å². The molecule has 0 fully saturated rings. The highest BCUT2D eigenvalue weighted by molar-refractivity contribution is 6.29. The zero-order valence-electron chi connectivity index (χ0n) is 12.0. The number of aryl methyl sites for hydroxylation is 1. The predicted octanol–water partition coefficient (Wildman–Crippen LogP) is 3.82. The maximum absolute atomic E-state index is 13.9. The summed E-state index contributed by atoms with van der Waals surface area (Å²) in [6.45, 7) is 3.60. The van der Waals surface area contributed by atoms with Crippen molar-refractivity contribution in [2.45, 2.75) is 13.8 Å². The lowest BCUT2D eigenvalue weighted by atomic mass is 10.3. The average molecular weight is 318 g/mol. The number of benzene rings is 1. The van der Waals surface area contributed by atoms with E-state index in [0.717, 1.165) is 11.4 Å². The maximum Gasteiger partial charge on any atom is 0.148 e. The summed E-state index contributed by atoms with van der Waals surface area (Å²) in [5.74, 6) is 0.795. The van der Waals surface area contributed by atoms with Gasteiger partial charge in [0.15, 0.2) is 0 Å². The minimum Gasteiger partial charge on any atom is -0.337 e. The fourth-order valence-electron chi connectivity index (χ4n) is 2.13. The van der Waals surface area contributed by atoms with Gasteiger partial charge in [0.1, 0.15) is 28.3 Å². The third-order valence-electron chi connectivity index (χ3n) is 3.16. The summed E-state index contributed by atoms with van der Waals surface area (Å²) in [6.07, 6.45) is 1.62. The second kappa shape index (κ2) is 5.73. The molecule has 112 valence electrons. The number of nitrogens with one attached hydrogen (secondary N) is 1. The van der Waals surface area contributed by atoms with Gasteiger partial charge < -0.3 is 5.32 Å². The number of hydrogen-bond donors (Lipinski definition) is 1. The fourth-order valence-corrected chi connectivity index (χ4v) is 2.36. The Balaban J connectivity index is 1.96. The van der Waals surface area contributed by atoms with Crippen LogP contribution in [0.3, 0.4) is 0 Å². The average Bonchev–Trinajstić information content (AvgIpc) is 2.80. The maximum atomic E-state index is 13.9. The van der Waals surface area contributed by atoms with Gasteiger partial charge in [0.25, 0.3) is 0 Å². The standard InChI is InChI=1S/C15H13ClFN5/c1-9-12(21-15-7-14(16)19-10(2)20-15)8-18-22(9)13-6-4-3-5-11(13)17/h3-8H,1-2H3,(H,19,20,21). The normalized spacial score (nSPS) is 10.7. The van der Waals surface area contributed by atoms with Crippen molar-refractivity contribution < 1.29 is 4.39 Å². The Labute approximate surface area is 131 Å². The molecular weight excluding hydrogens is 305 g/mol. The van der Waals surface area contributed by atoms with Gasteiger partial charge >= 0.3 is 0 Å². The van der Waals surface area contributed by atoms with Crippen molar-refractivity contribution in [3.05, 3.63) is 59.0 Å². The summed E-state index contributed by atoms with van der Waals surface area (Å²) in [5, 5.41) is 7.70. The van der Waals surface area contributed by atoms with Gasteiger partial charge in [-0.15, -0.1) is 0 Å². The molecule has 22 heavy (non-hydrogen) atoms. The molecule has 0 radical (unpaired) electrons. The summed E-state index contributed by atoms with van der Waals surface area (Å²) in [7, 11) is 0. The van der Waals surface area contributed by atoms with E-state index in [-0.39, 0.29) is 5.82 Å². The Morgan fingerprint density at radius 1 is 1.18 bits per heavy atom. The van der Waals surface area contributed by atoms with Gasteiger partial charge in [0.05, 0.1) is 17.6 Å². The second-order valence-corrected chi connectivity index (χ2v) is 5.14. The van der Waals surface area contributed by atoms with Gasteiger partial charge in [-0.1, -0.05) is 23.7 Å². The van der Waals surface area contributed by atoms with E-state index in [0.29, 0.717) is 22.5 Å². The lowest BCUT2D eigenvalue weighted by Crippen LogP contribution is -2.03. The third kappa shape index (κ3) is 2.78. The summed E-state index contributed by atoms with van der Waals surface area (Å²) in [4.78, 5) is 8.26. The van der Waals surface area contributed by atoms with Crippen molar-refractivity contribution >= 4 is 23.1 Å². The SMILES string of the molecule is Cc1nc(Cl)cc(Nc2cnn(-c3ccccc3F)c2C)n1. The van der Waals surface area contributed by atoms with Crippen LogP contribution < -0.4 is 5.32 Å². The van der Waals surface area contributed by atoms with E-state index in [9.17, 15) is 4.39 Å². The van der Waals surface area contributed by atoms with E-state index in [1.54, 1.807) is 37.4 Å². The van der Waals surface area contributed by atoms with Crippen LogP contribution in [-0.2, 0) is 0 Å². The van der Waals surface area contributed by atoms with Crippen LogP contribution >= 0.6 is 11.6 Å². The number of hydrogen-bond acceptors (Lipinski definition) is 4. The molecule has 0 bridgehead atoms. The molecular formula is C15H13ClFN5. The van der Waals surface area contributed by atoms with Crippen LogP contribution in [0.1, 0.15) is 11.5 Å². The highest BCUT2D eigenvalue weighted by atomic mass is 35.5. The molecule has 0 atom stereocenters.